The highest BCUT2D eigenvalue weighted by Gasteiger charge is 2.16. The Hall–Kier alpha value is -2.30. The Balaban J connectivity index is 1.76. The van der Waals surface area contributed by atoms with Crippen molar-refractivity contribution in [1.29, 1.82) is 0 Å². The van der Waals surface area contributed by atoms with Crippen LogP contribution in [0.5, 0.6) is 11.5 Å². The molecule has 1 aliphatic rings. The molecule has 0 radical (unpaired) electrons. The molecule has 0 saturated carbocycles. The molecule has 2 aromatic rings. The molecule has 5 heteroatoms. The highest BCUT2D eigenvalue weighted by Crippen LogP contribution is 2.35. The number of rotatable bonds is 3. The van der Waals surface area contributed by atoms with E-state index in [1.165, 1.54) is 0 Å². The molecule has 0 atom stereocenters. The number of aromatic nitrogens is 2. The molecule has 1 aromatic carbocycles. The third-order valence-electron chi connectivity index (χ3n) is 3.13. The van der Waals surface area contributed by atoms with Crippen molar-refractivity contribution in [3.8, 4) is 11.5 Å². The van der Waals surface area contributed by atoms with Crippen molar-refractivity contribution < 1.29 is 9.47 Å². The Labute approximate surface area is 111 Å². The molecule has 1 N–H and O–H groups in total. The summed E-state index contributed by atoms with van der Waals surface area (Å²) < 4.78 is 10.8. The van der Waals surface area contributed by atoms with Gasteiger partial charge in [-0.25, -0.2) is 4.98 Å². The Kier molecular flexibility index (Phi) is 2.95. The monoisotopic (exact) mass is 257 g/mol. The molecule has 0 aliphatic carbocycles. The minimum Gasteiger partial charge on any atom is -0.454 e. The van der Waals surface area contributed by atoms with Crippen LogP contribution in [0.4, 0.5) is 5.82 Å². The predicted octanol–water partition coefficient (Wildman–Crippen LogP) is 2.43. The maximum atomic E-state index is 5.46. The largest absolute Gasteiger partial charge is 0.454 e. The molecule has 0 spiro atoms. The standard InChI is InChI=1S/C14H15N3O2/c1-9-10(2)17-13(7-15-9)16-6-11-4-3-5-12-14(11)19-8-18-12/h3-5,7H,6,8H2,1-2H3,(H,16,17). The van der Waals surface area contributed by atoms with E-state index in [4.69, 9.17) is 9.47 Å². The smallest absolute Gasteiger partial charge is 0.231 e. The van der Waals surface area contributed by atoms with Gasteiger partial charge in [0, 0.05) is 12.1 Å². The summed E-state index contributed by atoms with van der Waals surface area (Å²) >= 11 is 0. The molecule has 3 rings (SSSR count). The van der Waals surface area contributed by atoms with Crippen LogP contribution in [0, 0.1) is 13.8 Å². The third-order valence-corrected chi connectivity index (χ3v) is 3.13. The van der Waals surface area contributed by atoms with Gasteiger partial charge in [-0.2, -0.15) is 0 Å². The van der Waals surface area contributed by atoms with Crippen molar-refractivity contribution in [2.75, 3.05) is 12.1 Å². The molecule has 0 amide bonds. The maximum Gasteiger partial charge on any atom is 0.231 e. The second kappa shape index (κ2) is 4.76. The molecular formula is C14H15N3O2. The van der Waals surface area contributed by atoms with Gasteiger partial charge in [0.05, 0.1) is 17.6 Å². The third kappa shape index (κ3) is 2.31. The molecule has 0 unspecified atom stereocenters. The maximum absolute atomic E-state index is 5.46. The lowest BCUT2D eigenvalue weighted by Gasteiger charge is -2.09. The van der Waals surface area contributed by atoms with Gasteiger partial charge in [0.1, 0.15) is 5.82 Å². The Morgan fingerprint density at radius 3 is 2.95 bits per heavy atom. The number of fused-ring (bicyclic) bond motifs is 1. The van der Waals surface area contributed by atoms with E-state index in [9.17, 15) is 0 Å². The van der Waals surface area contributed by atoms with Crippen molar-refractivity contribution in [2.45, 2.75) is 20.4 Å². The minimum atomic E-state index is 0.287. The number of para-hydroxylation sites is 1. The Bertz CT molecular complexity index is 614. The first-order chi connectivity index (χ1) is 9.24. The van der Waals surface area contributed by atoms with Gasteiger partial charge in [0.25, 0.3) is 0 Å². The van der Waals surface area contributed by atoms with Gasteiger partial charge < -0.3 is 14.8 Å². The zero-order chi connectivity index (χ0) is 13.2. The summed E-state index contributed by atoms with van der Waals surface area (Å²) in [6.07, 6.45) is 1.74. The van der Waals surface area contributed by atoms with Crippen LogP contribution in [-0.2, 0) is 6.54 Å². The van der Waals surface area contributed by atoms with Gasteiger partial charge in [0.15, 0.2) is 11.5 Å². The van der Waals surface area contributed by atoms with E-state index in [-0.39, 0.29) is 6.79 Å². The van der Waals surface area contributed by atoms with Gasteiger partial charge in [-0.1, -0.05) is 12.1 Å². The molecule has 0 bridgehead atoms. The number of anilines is 1. The van der Waals surface area contributed by atoms with E-state index in [0.717, 1.165) is 34.3 Å². The molecule has 1 aromatic heterocycles. The molecule has 5 nitrogen and oxygen atoms in total. The van der Waals surface area contributed by atoms with Crippen molar-refractivity contribution >= 4 is 5.82 Å². The lowest BCUT2D eigenvalue weighted by Crippen LogP contribution is -2.04. The fraction of sp³-hybridized carbons (Fsp3) is 0.286. The van der Waals surface area contributed by atoms with Gasteiger partial charge >= 0.3 is 0 Å². The summed E-state index contributed by atoms with van der Waals surface area (Å²) in [7, 11) is 0. The summed E-state index contributed by atoms with van der Waals surface area (Å²) in [4.78, 5) is 8.72. The highest BCUT2D eigenvalue weighted by atomic mass is 16.7. The average molecular weight is 257 g/mol. The zero-order valence-electron chi connectivity index (χ0n) is 10.9. The van der Waals surface area contributed by atoms with Gasteiger partial charge in [-0.15, -0.1) is 0 Å². The van der Waals surface area contributed by atoms with Crippen molar-refractivity contribution in [2.24, 2.45) is 0 Å². The fourth-order valence-electron chi connectivity index (χ4n) is 1.94. The summed E-state index contributed by atoms with van der Waals surface area (Å²) in [5.74, 6) is 2.37. The van der Waals surface area contributed by atoms with Crippen molar-refractivity contribution in [3.63, 3.8) is 0 Å². The fourth-order valence-corrected chi connectivity index (χ4v) is 1.94. The van der Waals surface area contributed by atoms with Crippen LogP contribution in [-0.4, -0.2) is 16.8 Å². The topological polar surface area (TPSA) is 56.3 Å². The average Bonchev–Trinajstić information content (AvgIpc) is 2.89. The van der Waals surface area contributed by atoms with E-state index in [1.807, 2.05) is 32.0 Å². The van der Waals surface area contributed by atoms with E-state index in [2.05, 4.69) is 15.3 Å². The number of hydrogen-bond donors (Lipinski definition) is 1. The number of nitrogens with one attached hydrogen (secondary N) is 1. The zero-order valence-corrected chi connectivity index (χ0v) is 10.9. The van der Waals surface area contributed by atoms with Crippen LogP contribution in [0.15, 0.2) is 24.4 Å². The SMILES string of the molecule is Cc1ncc(NCc2cccc3c2OCO3)nc1C. The molecule has 19 heavy (non-hydrogen) atoms. The van der Waals surface area contributed by atoms with Gasteiger partial charge in [-0.3, -0.25) is 4.98 Å². The lowest BCUT2D eigenvalue weighted by atomic mass is 10.2. The molecule has 98 valence electrons. The number of nitrogens with zero attached hydrogens (tertiary/aromatic N) is 2. The van der Waals surface area contributed by atoms with Crippen LogP contribution >= 0.6 is 0 Å². The molecule has 2 heterocycles. The van der Waals surface area contributed by atoms with Crippen molar-refractivity contribution in [1.82, 2.24) is 9.97 Å². The number of hydrogen-bond acceptors (Lipinski definition) is 5. The minimum absolute atomic E-state index is 0.287. The quantitative estimate of drug-likeness (QED) is 0.915. The number of benzene rings is 1. The molecular weight excluding hydrogens is 242 g/mol. The van der Waals surface area contributed by atoms with Crippen LogP contribution < -0.4 is 14.8 Å². The summed E-state index contributed by atoms with van der Waals surface area (Å²) in [6.45, 7) is 4.81. The summed E-state index contributed by atoms with van der Waals surface area (Å²) in [6, 6.07) is 5.87. The van der Waals surface area contributed by atoms with E-state index in [1.54, 1.807) is 6.20 Å². The Morgan fingerprint density at radius 2 is 2.11 bits per heavy atom. The number of ether oxygens (including phenoxy) is 2. The lowest BCUT2D eigenvalue weighted by molar-refractivity contribution is 0.173. The normalized spacial score (nSPS) is 12.5. The summed E-state index contributed by atoms with van der Waals surface area (Å²) in [5, 5.41) is 3.25. The first-order valence-corrected chi connectivity index (χ1v) is 6.15. The van der Waals surface area contributed by atoms with Crippen LogP contribution in [0.3, 0.4) is 0 Å². The second-order valence-electron chi connectivity index (χ2n) is 4.43. The predicted molar refractivity (Wildman–Crippen MR) is 71.4 cm³/mol. The molecule has 1 aliphatic heterocycles. The summed E-state index contributed by atoms with van der Waals surface area (Å²) in [5.41, 5.74) is 2.93. The Morgan fingerprint density at radius 1 is 1.21 bits per heavy atom. The first kappa shape index (κ1) is 11.8. The van der Waals surface area contributed by atoms with E-state index in [0.29, 0.717) is 6.54 Å². The highest BCUT2D eigenvalue weighted by molar-refractivity contribution is 5.49. The molecule has 0 fully saturated rings. The second-order valence-corrected chi connectivity index (χ2v) is 4.43. The van der Waals surface area contributed by atoms with Crippen LogP contribution in [0.2, 0.25) is 0 Å². The van der Waals surface area contributed by atoms with E-state index >= 15 is 0 Å². The van der Waals surface area contributed by atoms with Gasteiger partial charge in [-0.05, 0) is 19.9 Å². The van der Waals surface area contributed by atoms with Crippen LogP contribution in [0.1, 0.15) is 17.0 Å². The number of aryl methyl sites for hydroxylation is 2. The van der Waals surface area contributed by atoms with Crippen molar-refractivity contribution in [3.05, 3.63) is 41.3 Å². The van der Waals surface area contributed by atoms with Crippen LogP contribution in [0.25, 0.3) is 0 Å². The first-order valence-electron chi connectivity index (χ1n) is 6.15. The van der Waals surface area contributed by atoms with E-state index < -0.39 is 0 Å². The van der Waals surface area contributed by atoms with Gasteiger partial charge in [0.2, 0.25) is 6.79 Å². The molecule has 0 saturated heterocycles.